The summed E-state index contributed by atoms with van der Waals surface area (Å²) in [6, 6.07) is 7.67. The fourth-order valence-corrected chi connectivity index (χ4v) is 1.11. The number of nitrogens with one attached hydrogen (secondary N) is 1. The molecular formula is C11H13BrN2O. The molecule has 0 saturated carbocycles. The van der Waals surface area contributed by atoms with Crippen LogP contribution in [-0.4, -0.2) is 12.1 Å². The Morgan fingerprint density at radius 3 is 2.53 bits per heavy atom. The summed E-state index contributed by atoms with van der Waals surface area (Å²) >= 11 is 3.34. The van der Waals surface area contributed by atoms with E-state index in [0.29, 0.717) is 0 Å². The number of hydrogen-bond acceptors (Lipinski definition) is 2. The first-order valence-electron chi connectivity index (χ1n) is 4.68. The molecule has 15 heavy (non-hydrogen) atoms. The second-order valence-corrected chi connectivity index (χ2v) is 4.36. The van der Waals surface area contributed by atoms with Gasteiger partial charge in [0, 0.05) is 10.4 Å². The van der Waals surface area contributed by atoms with E-state index < -0.39 is 0 Å². The van der Waals surface area contributed by atoms with Crippen LogP contribution in [0.2, 0.25) is 0 Å². The molecule has 0 aliphatic carbocycles. The van der Waals surface area contributed by atoms with Crippen molar-refractivity contribution >= 4 is 28.1 Å². The number of carbonyl (C=O) groups excluding carboxylic acids is 1. The molecule has 1 aromatic carbocycles. The average Bonchev–Trinajstić information content (AvgIpc) is 2.20. The molecule has 3 nitrogen and oxygen atoms in total. The Morgan fingerprint density at radius 1 is 1.40 bits per heavy atom. The molecule has 1 N–H and O–H groups in total. The molecule has 0 bridgehead atoms. The minimum atomic E-state index is -0.0802. The van der Waals surface area contributed by atoms with Gasteiger partial charge in [0.2, 0.25) is 5.91 Å². The minimum absolute atomic E-state index is 0.0490. The molecule has 0 aliphatic heterocycles. The predicted octanol–water partition coefficient (Wildman–Crippen LogP) is 2.56. The molecule has 0 saturated heterocycles. The first kappa shape index (κ1) is 11.9. The van der Waals surface area contributed by atoms with E-state index in [1.807, 2.05) is 38.1 Å². The second-order valence-electron chi connectivity index (χ2n) is 3.44. The molecule has 1 amide bonds. The molecule has 80 valence electrons. The lowest BCUT2D eigenvalue weighted by Crippen LogP contribution is -2.22. The van der Waals surface area contributed by atoms with Gasteiger partial charge in [-0.25, -0.2) is 5.43 Å². The van der Waals surface area contributed by atoms with Crippen LogP contribution in [0.4, 0.5) is 0 Å². The zero-order chi connectivity index (χ0) is 11.3. The van der Waals surface area contributed by atoms with Gasteiger partial charge in [0.25, 0.3) is 0 Å². The van der Waals surface area contributed by atoms with E-state index in [2.05, 4.69) is 26.5 Å². The molecule has 0 aliphatic rings. The molecule has 4 heteroatoms. The third kappa shape index (κ3) is 4.25. The Morgan fingerprint density at radius 2 is 2.00 bits per heavy atom. The lowest BCUT2D eigenvalue weighted by atomic mass is 10.2. The first-order valence-corrected chi connectivity index (χ1v) is 5.47. The van der Waals surface area contributed by atoms with Gasteiger partial charge in [-0.1, -0.05) is 41.9 Å². The Balaban J connectivity index is 2.51. The monoisotopic (exact) mass is 268 g/mol. The van der Waals surface area contributed by atoms with E-state index in [-0.39, 0.29) is 11.8 Å². The summed E-state index contributed by atoms with van der Waals surface area (Å²) in [5, 5.41) is 3.85. The first-order chi connectivity index (χ1) is 7.09. The van der Waals surface area contributed by atoms with Crippen molar-refractivity contribution in [2.24, 2.45) is 11.0 Å². The highest BCUT2D eigenvalue weighted by atomic mass is 79.9. The highest BCUT2D eigenvalue weighted by Gasteiger charge is 2.03. The SMILES string of the molecule is CC(C)C(=O)N/N=C\c1ccc(Br)cc1. The summed E-state index contributed by atoms with van der Waals surface area (Å²) in [7, 11) is 0. The van der Waals surface area contributed by atoms with Crippen LogP contribution in [0.15, 0.2) is 33.8 Å². The molecule has 0 heterocycles. The van der Waals surface area contributed by atoms with E-state index in [1.165, 1.54) is 0 Å². The number of amides is 1. The quantitative estimate of drug-likeness (QED) is 0.665. The van der Waals surface area contributed by atoms with Gasteiger partial charge >= 0.3 is 0 Å². The maximum absolute atomic E-state index is 11.2. The van der Waals surface area contributed by atoms with Crippen molar-refractivity contribution in [3.63, 3.8) is 0 Å². The summed E-state index contributed by atoms with van der Waals surface area (Å²) in [6.07, 6.45) is 1.62. The smallest absolute Gasteiger partial charge is 0.242 e. The molecule has 0 atom stereocenters. The van der Waals surface area contributed by atoms with Crippen molar-refractivity contribution in [2.75, 3.05) is 0 Å². The van der Waals surface area contributed by atoms with Crippen molar-refractivity contribution in [1.29, 1.82) is 0 Å². The Labute approximate surface area is 97.7 Å². The van der Waals surface area contributed by atoms with Gasteiger partial charge in [0.1, 0.15) is 0 Å². The topological polar surface area (TPSA) is 41.5 Å². The molecule has 0 fully saturated rings. The number of hydrazone groups is 1. The standard InChI is InChI=1S/C11H13BrN2O/c1-8(2)11(15)14-13-7-9-3-5-10(12)6-4-9/h3-8H,1-2H3,(H,14,15)/b13-7-. The zero-order valence-corrected chi connectivity index (χ0v) is 10.3. The van der Waals surface area contributed by atoms with Crippen LogP contribution in [0.1, 0.15) is 19.4 Å². The van der Waals surface area contributed by atoms with E-state index in [1.54, 1.807) is 6.21 Å². The maximum atomic E-state index is 11.2. The van der Waals surface area contributed by atoms with Crippen LogP contribution in [-0.2, 0) is 4.79 Å². The number of hydrogen-bond donors (Lipinski definition) is 1. The van der Waals surface area contributed by atoms with Crippen molar-refractivity contribution in [3.8, 4) is 0 Å². The van der Waals surface area contributed by atoms with E-state index >= 15 is 0 Å². The highest BCUT2D eigenvalue weighted by molar-refractivity contribution is 9.10. The molecule has 0 spiro atoms. The summed E-state index contributed by atoms with van der Waals surface area (Å²) < 4.78 is 1.02. The average molecular weight is 269 g/mol. The van der Waals surface area contributed by atoms with Crippen LogP contribution >= 0.6 is 15.9 Å². The van der Waals surface area contributed by atoms with Crippen LogP contribution < -0.4 is 5.43 Å². The third-order valence-electron chi connectivity index (χ3n) is 1.78. The third-order valence-corrected chi connectivity index (χ3v) is 2.31. The second kappa shape index (κ2) is 5.66. The number of nitrogens with zero attached hydrogens (tertiary/aromatic N) is 1. The Hall–Kier alpha value is -1.16. The van der Waals surface area contributed by atoms with E-state index in [4.69, 9.17) is 0 Å². The highest BCUT2D eigenvalue weighted by Crippen LogP contribution is 2.08. The summed E-state index contributed by atoms with van der Waals surface area (Å²) in [4.78, 5) is 11.2. The van der Waals surface area contributed by atoms with Gasteiger partial charge in [-0.05, 0) is 17.7 Å². The van der Waals surface area contributed by atoms with Gasteiger partial charge in [0.15, 0.2) is 0 Å². The fourth-order valence-electron chi connectivity index (χ4n) is 0.848. The number of carbonyl (C=O) groups is 1. The summed E-state index contributed by atoms with van der Waals surface area (Å²) in [6.45, 7) is 3.65. The van der Waals surface area contributed by atoms with Gasteiger partial charge in [-0.3, -0.25) is 4.79 Å². The fraction of sp³-hybridized carbons (Fsp3) is 0.273. The van der Waals surface area contributed by atoms with Gasteiger partial charge in [0.05, 0.1) is 6.21 Å². The molecule has 0 radical (unpaired) electrons. The zero-order valence-electron chi connectivity index (χ0n) is 8.70. The lowest BCUT2D eigenvalue weighted by molar-refractivity contribution is -0.123. The van der Waals surface area contributed by atoms with Gasteiger partial charge in [-0.2, -0.15) is 5.10 Å². The largest absolute Gasteiger partial charge is 0.273 e. The van der Waals surface area contributed by atoms with Gasteiger partial charge < -0.3 is 0 Å². The molecule has 1 aromatic rings. The van der Waals surface area contributed by atoms with Crippen molar-refractivity contribution in [2.45, 2.75) is 13.8 Å². The Kier molecular flexibility index (Phi) is 4.49. The maximum Gasteiger partial charge on any atom is 0.242 e. The number of halogens is 1. The summed E-state index contributed by atoms with van der Waals surface area (Å²) in [5.74, 6) is -0.129. The summed E-state index contributed by atoms with van der Waals surface area (Å²) in [5.41, 5.74) is 3.41. The number of rotatable bonds is 3. The van der Waals surface area contributed by atoms with Crippen LogP contribution in [0.5, 0.6) is 0 Å². The van der Waals surface area contributed by atoms with E-state index in [9.17, 15) is 4.79 Å². The van der Waals surface area contributed by atoms with Crippen molar-refractivity contribution in [3.05, 3.63) is 34.3 Å². The molecule has 0 unspecified atom stereocenters. The van der Waals surface area contributed by atoms with Crippen molar-refractivity contribution in [1.82, 2.24) is 5.43 Å². The molecule has 1 rings (SSSR count). The minimum Gasteiger partial charge on any atom is -0.273 e. The van der Waals surface area contributed by atoms with Crippen molar-refractivity contribution < 1.29 is 4.79 Å². The normalized spacial score (nSPS) is 10.9. The predicted molar refractivity (Wildman–Crippen MR) is 64.7 cm³/mol. The number of benzene rings is 1. The van der Waals surface area contributed by atoms with Gasteiger partial charge in [-0.15, -0.1) is 0 Å². The Bertz CT molecular complexity index is 357. The molecular weight excluding hydrogens is 256 g/mol. The lowest BCUT2D eigenvalue weighted by Gasteiger charge is -2.01. The van der Waals surface area contributed by atoms with Crippen LogP contribution in [0.25, 0.3) is 0 Å². The van der Waals surface area contributed by atoms with Crippen LogP contribution in [0.3, 0.4) is 0 Å². The van der Waals surface area contributed by atoms with Crippen LogP contribution in [0, 0.1) is 5.92 Å². The molecule has 0 aromatic heterocycles. The van der Waals surface area contributed by atoms with E-state index in [0.717, 1.165) is 10.0 Å².